The van der Waals surface area contributed by atoms with Crippen molar-refractivity contribution in [1.82, 2.24) is 4.90 Å². The molecule has 0 aromatic heterocycles. The number of nitrogens with zero attached hydrogens (tertiary/aromatic N) is 1. The lowest BCUT2D eigenvalue weighted by Crippen LogP contribution is -2.26. The van der Waals surface area contributed by atoms with Crippen LogP contribution in [0.2, 0.25) is 0 Å². The Morgan fingerprint density at radius 3 is 0.771 bits per heavy atom. The van der Waals surface area contributed by atoms with E-state index in [-0.39, 0.29) is 48.6 Å². The maximum atomic E-state index is 11.9. The molecule has 0 fully saturated rings. The van der Waals surface area contributed by atoms with Crippen LogP contribution in [0.4, 0.5) is 0 Å². The van der Waals surface area contributed by atoms with Crippen molar-refractivity contribution in [3.8, 4) is 23.0 Å². The van der Waals surface area contributed by atoms with Crippen LogP contribution in [0.15, 0.2) is 48.5 Å². The lowest BCUT2D eigenvalue weighted by atomic mass is 9.78. The summed E-state index contributed by atoms with van der Waals surface area (Å²) in [6.07, 6.45) is 14.8. The van der Waals surface area contributed by atoms with Crippen molar-refractivity contribution in [2.45, 2.75) is 324 Å². The van der Waals surface area contributed by atoms with E-state index < -0.39 is 5.97 Å². The molecule has 4 aromatic carbocycles. The summed E-state index contributed by atoms with van der Waals surface area (Å²) in [7, 11) is 0. The molecule has 4 aromatic rings. The van der Waals surface area contributed by atoms with E-state index in [1.165, 1.54) is 69.5 Å². The molecular formula is C75H121NO6S. The van der Waals surface area contributed by atoms with Gasteiger partial charge in [-0.25, -0.2) is 0 Å². The van der Waals surface area contributed by atoms with Gasteiger partial charge in [0, 0.05) is 25.4 Å². The zero-order chi connectivity index (χ0) is 63.6. The number of phenols is 4. The first-order valence-electron chi connectivity index (χ1n) is 31.7. The molecule has 0 radical (unpaired) electrons. The van der Waals surface area contributed by atoms with Gasteiger partial charge >= 0.3 is 5.97 Å². The lowest BCUT2D eigenvalue weighted by molar-refractivity contribution is -0.136. The van der Waals surface area contributed by atoms with E-state index >= 15 is 0 Å². The Morgan fingerprint density at radius 1 is 0.361 bits per heavy atom. The Labute approximate surface area is 512 Å². The fourth-order valence-electron chi connectivity index (χ4n) is 11.1. The molecule has 0 heterocycles. The second-order valence-electron chi connectivity index (χ2n) is 32.8. The minimum absolute atomic E-state index is 0.174. The van der Waals surface area contributed by atoms with Crippen LogP contribution < -0.4 is 0 Å². The van der Waals surface area contributed by atoms with Gasteiger partial charge in [-0.05, 0) is 117 Å². The molecule has 4 rings (SSSR count). The normalized spacial score (nSPS) is 13.6. The maximum Gasteiger partial charge on any atom is 0.316 e. The highest BCUT2D eigenvalue weighted by atomic mass is 32.2. The van der Waals surface area contributed by atoms with Gasteiger partial charge in [-0.1, -0.05) is 292 Å². The summed E-state index contributed by atoms with van der Waals surface area (Å²) in [6.45, 7) is 55.8. The number of thioether (sulfide) groups is 1. The smallest absolute Gasteiger partial charge is 0.316 e. The number of rotatable bonds is 22. The highest BCUT2D eigenvalue weighted by Gasteiger charge is 2.32. The summed E-state index contributed by atoms with van der Waals surface area (Å²) in [6, 6.07) is 17.3. The molecule has 0 spiro atoms. The number of carboxylic acids is 1. The maximum absolute atomic E-state index is 11.9. The molecule has 0 bridgehead atoms. The van der Waals surface area contributed by atoms with E-state index in [1.54, 1.807) is 0 Å². The predicted molar refractivity (Wildman–Crippen MR) is 359 cm³/mol. The number of unbranched alkanes of at least 4 members (excludes halogenated alkanes) is 10. The Bertz CT molecular complexity index is 2390. The number of phenolic OH excluding ortho intramolecular Hbond substituents is 4. The van der Waals surface area contributed by atoms with E-state index in [9.17, 15) is 30.3 Å². The predicted octanol–water partition coefficient (Wildman–Crippen LogP) is 21.2. The van der Waals surface area contributed by atoms with Gasteiger partial charge in [0.2, 0.25) is 0 Å². The van der Waals surface area contributed by atoms with E-state index in [4.69, 9.17) is 0 Å². The summed E-state index contributed by atoms with van der Waals surface area (Å²) >= 11 is 1.53. The number of aromatic hydroxyl groups is 4. The van der Waals surface area contributed by atoms with Gasteiger partial charge in [0.1, 0.15) is 28.2 Å². The highest BCUT2D eigenvalue weighted by Crippen LogP contribution is 2.45. The van der Waals surface area contributed by atoms with E-state index in [1.807, 2.05) is 0 Å². The van der Waals surface area contributed by atoms with Crippen LogP contribution in [-0.4, -0.2) is 41.7 Å². The van der Waals surface area contributed by atoms with E-state index in [0.717, 1.165) is 86.0 Å². The molecule has 0 saturated carbocycles. The summed E-state index contributed by atoms with van der Waals surface area (Å²) in [5, 5.41) is 54.8. The number of aliphatic carboxylic acids is 1. The Balaban J connectivity index is 0.000000466. The van der Waals surface area contributed by atoms with Gasteiger partial charge in [-0.2, -0.15) is 0 Å². The number of carboxylic acid groups (broad SMARTS) is 1. The molecule has 0 aliphatic heterocycles. The third-order valence-electron chi connectivity index (χ3n) is 16.2. The van der Waals surface area contributed by atoms with Gasteiger partial charge in [-0.15, -0.1) is 11.8 Å². The number of benzene rings is 4. The van der Waals surface area contributed by atoms with Crippen molar-refractivity contribution < 1.29 is 30.3 Å². The minimum Gasteiger partial charge on any atom is -0.507 e. The monoisotopic (exact) mass is 1160 g/mol. The van der Waals surface area contributed by atoms with Crippen LogP contribution in [0.3, 0.4) is 0 Å². The van der Waals surface area contributed by atoms with Gasteiger partial charge in [0.25, 0.3) is 0 Å². The Kier molecular flexibility index (Phi) is 25.6. The van der Waals surface area contributed by atoms with Crippen molar-refractivity contribution in [2.75, 3.05) is 0 Å². The SMILES string of the molecule is CC(C)(C)c1cc(CN(Cc2cc(C(C)(C)C)c(O)c(C(C)(C)C)c2)Cc2cc(C(C)(C)C)c(O)c(C(C)(C)C)c2)cc(C(C)(C)C)c1O.CCCCCCCCCCCCCC(SCc1cc(C(C)(C)C)c(O)c(C(C)(C)C)c1)C(=O)O. The molecular weight excluding hydrogens is 1040 g/mol. The molecule has 7 nitrogen and oxygen atoms in total. The highest BCUT2D eigenvalue weighted by molar-refractivity contribution is 7.99. The van der Waals surface area contributed by atoms with Crippen LogP contribution in [-0.2, 0) is 73.5 Å². The van der Waals surface area contributed by atoms with Crippen molar-refractivity contribution in [2.24, 2.45) is 0 Å². The average Bonchev–Trinajstić information content (AvgIpc) is 3.47. The first kappa shape index (κ1) is 73.1. The molecule has 0 aliphatic carbocycles. The zero-order valence-corrected chi connectivity index (χ0v) is 58.3. The standard InChI is InChI=1S/C45H69NO3.C30H52O3S/c1-40(2,3)31-19-28(20-32(37(31)47)41(4,5)6)25-46(26-29-21-33(42(7,8)9)38(48)34(22-29)43(10,11)12)27-30-23-35(44(13,14)15)39(49)36(24-30)45(16,17)18;1-8-9-10-11-12-13-14-15-16-17-18-19-26(28(32)33)34-22-23-20-24(29(2,3)4)27(31)25(21-23)30(5,6)7/h19-24,47-49H,25-27H2,1-18H3;20-21,26,31H,8-19,22H2,1-7H3,(H,32,33). The fraction of sp³-hybridized carbons (Fsp3) is 0.667. The third kappa shape index (κ3) is 22.3. The van der Waals surface area contributed by atoms with Crippen LogP contribution >= 0.6 is 11.8 Å². The quantitative estimate of drug-likeness (QED) is 0.0494. The average molecular weight is 1160 g/mol. The summed E-state index contributed by atoms with van der Waals surface area (Å²) in [4.78, 5) is 14.4. The number of hydrogen-bond acceptors (Lipinski definition) is 7. The van der Waals surface area contributed by atoms with Gasteiger partial charge < -0.3 is 25.5 Å². The van der Waals surface area contributed by atoms with Crippen LogP contribution in [0.5, 0.6) is 23.0 Å². The van der Waals surface area contributed by atoms with Crippen LogP contribution in [0.1, 0.15) is 317 Å². The molecule has 468 valence electrons. The van der Waals surface area contributed by atoms with Crippen molar-refractivity contribution in [1.29, 1.82) is 0 Å². The van der Waals surface area contributed by atoms with Gasteiger partial charge in [-0.3, -0.25) is 9.69 Å². The van der Waals surface area contributed by atoms with Crippen molar-refractivity contribution in [3.05, 3.63) is 115 Å². The molecule has 0 aliphatic rings. The largest absolute Gasteiger partial charge is 0.507 e. The van der Waals surface area contributed by atoms with E-state index in [0.29, 0.717) is 48.4 Å². The summed E-state index contributed by atoms with van der Waals surface area (Å²) in [5.74, 6) is 1.50. The molecule has 83 heavy (non-hydrogen) atoms. The van der Waals surface area contributed by atoms with Crippen LogP contribution in [0.25, 0.3) is 0 Å². The molecule has 5 N–H and O–H groups in total. The van der Waals surface area contributed by atoms with Gasteiger partial charge in [0.05, 0.1) is 0 Å². The van der Waals surface area contributed by atoms with Gasteiger partial charge in [0.15, 0.2) is 0 Å². The first-order valence-corrected chi connectivity index (χ1v) is 32.8. The van der Waals surface area contributed by atoms with Crippen molar-refractivity contribution in [3.63, 3.8) is 0 Å². The number of carbonyl (C=O) groups is 1. The fourth-order valence-corrected chi connectivity index (χ4v) is 12.2. The second-order valence-corrected chi connectivity index (χ2v) is 34.0. The first-order chi connectivity index (χ1) is 37.7. The molecule has 1 atom stereocenters. The minimum atomic E-state index is -0.706. The second kappa shape index (κ2) is 29.0. The summed E-state index contributed by atoms with van der Waals surface area (Å²) in [5.41, 5.74) is 10.5. The molecule has 0 amide bonds. The Hall–Kier alpha value is -4.14. The number of hydrogen-bond donors (Lipinski definition) is 5. The molecule has 8 heteroatoms. The molecule has 1 unspecified atom stereocenters. The van der Waals surface area contributed by atoms with Crippen molar-refractivity contribution >= 4 is 17.7 Å². The molecule has 0 saturated heterocycles. The van der Waals surface area contributed by atoms with Crippen LogP contribution in [0, 0.1) is 0 Å². The third-order valence-corrected chi connectivity index (χ3v) is 17.5. The lowest BCUT2D eigenvalue weighted by Gasteiger charge is -2.32. The Morgan fingerprint density at radius 2 is 0.566 bits per heavy atom. The van der Waals surface area contributed by atoms with E-state index in [2.05, 4.69) is 227 Å². The topological polar surface area (TPSA) is 121 Å². The zero-order valence-electron chi connectivity index (χ0n) is 57.5. The summed E-state index contributed by atoms with van der Waals surface area (Å²) < 4.78 is 0.